The lowest BCUT2D eigenvalue weighted by Crippen LogP contribution is -2.28. The lowest BCUT2D eigenvalue weighted by atomic mass is 9.94. The monoisotopic (exact) mass is 500 g/mol. The number of fused-ring (bicyclic) bond motifs is 1. The van der Waals surface area contributed by atoms with Crippen LogP contribution < -0.4 is 0 Å². The van der Waals surface area contributed by atoms with E-state index in [9.17, 15) is 14.3 Å². The Hall–Kier alpha value is -2.93. The second-order valence-corrected chi connectivity index (χ2v) is 9.42. The molecule has 0 spiro atoms. The lowest BCUT2D eigenvalue weighted by Gasteiger charge is -2.20. The summed E-state index contributed by atoms with van der Waals surface area (Å²) in [7, 11) is 0. The van der Waals surface area contributed by atoms with Gasteiger partial charge in [0.25, 0.3) is 0 Å². The van der Waals surface area contributed by atoms with Gasteiger partial charge >= 0.3 is 5.97 Å². The first-order valence-electron chi connectivity index (χ1n) is 10.6. The first kappa shape index (κ1) is 24.2. The highest BCUT2D eigenvalue weighted by Gasteiger charge is 2.23. The summed E-state index contributed by atoms with van der Waals surface area (Å²) >= 11 is 12.4. The van der Waals surface area contributed by atoms with Crippen LogP contribution in [0.25, 0.3) is 22.2 Å². The number of aromatic nitrogens is 2. The van der Waals surface area contributed by atoms with E-state index in [2.05, 4.69) is 0 Å². The Balaban J connectivity index is 1.85. The van der Waals surface area contributed by atoms with Gasteiger partial charge in [0.1, 0.15) is 11.5 Å². The molecule has 2 aromatic heterocycles. The van der Waals surface area contributed by atoms with Crippen LogP contribution in [0.15, 0.2) is 54.7 Å². The van der Waals surface area contributed by atoms with E-state index in [1.165, 1.54) is 26.0 Å². The molecule has 0 atom stereocenters. The summed E-state index contributed by atoms with van der Waals surface area (Å²) in [6, 6.07) is 13.6. The molecule has 5 nitrogen and oxygen atoms in total. The number of nitrogens with zero attached hydrogens (tertiary/aromatic N) is 2. The van der Waals surface area contributed by atoms with Crippen molar-refractivity contribution in [1.29, 1.82) is 0 Å². The summed E-state index contributed by atoms with van der Waals surface area (Å²) in [5, 5.41) is 11.7. The van der Waals surface area contributed by atoms with Crippen molar-refractivity contribution in [1.82, 2.24) is 9.55 Å². The van der Waals surface area contributed by atoms with E-state index in [0.29, 0.717) is 33.5 Å². The molecule has 0 fully saturated rings. The maximum atomic E-state index is 13.5. The van der Waals surface area contributed by atoms with Crippen molar-refractivity contribution in [2.45, 2.75) is 39.5 Å². The molecule has 0 unspecified atom stereocenters. The topological polar surface area (TPSA) is 64.4 Å². The molecule has 2 heterocycles. The number of pyridine rings is 1. The molecule has 8 heteroatoms. The zero-order valence-electron chi connectivity index (χ0n) is 18.9. The number of aryl methyl sites for hydroxylation is 1. The van der Waals surface area contributed by atoms with Crippen molar-refractivity contribution in [3.63, 3.8) is 0 Å². The number of carbonyl (C=O) groups excluding carboxylic acids is 1. The largest absolute Gasteiger partial charge is 0.434 e. The van der Waals surface area contributed by atoms with Crippen LogP contribution in [0.1, 0.15) is 30.7 Å². The minimum atomic E-state index is -1.58. The first-order valence-corrected chi connectivity index (χ1v) is 11.4. The fraction of sp³-hybridized carbons (Fsp3) is 0.231. The second kappa shape index (κ2) is 9.37. The Morgan fingerprint density at radius 1 is 1.15 bits per heavy atom. The molecule has 4 aromatic rings. The predicted molar refractivity (Wildman–Crippen MR) is 132 cm³/mol. The first-order chi connectivity index (χ1) is 16.0. The van der Waals surface area contributed by atoms with Crippen molar-refractivity contribution >= 4 is 40.2 Å². The average molecular weight is 501 g/mol. The Kier molecular flexibility index (Phi) is 6.67. The highest BCUT2D eigenvalue weighted by molar-refractivity contribution is 6.31. The van der Waals surface area contributed by atoms with Crippen molar-refractivity contribution < 1.29 is 19.0 Å². The molecule has 1 N–H and O–H groups in total. The van der Waals surface area contributed by atoms with E-state index in [1.807, 2.05) is 35.9 Å². The molecular weight excluding hydrogens is 478 g/mol. The molecule has 0 bridgehead atoms. The molecule has 0 aliphatic carbocycles. The van der Waals surface area contributed by atoms with Crippen LogP contribution in [-0.2, 0) is 22.5 Å². The number of halogens is 3. The van der Waals surface area contributed by atoms with Gasteiger partial charge in [-0.15, -0.1) is 0 Å². The van der Waals surface area contributed by atoms with Gasteiger partial charge in [-0.3, -0.25) is 4.79 Å². The van der Waals surface area contributed by atoms with Gasteiger partial charge in [0, 0.05) is 41.2 Å². The molecule has 0 aliphatic rings. The maximum absolute atomic E-state index is 13.5. The summed E-state index contributed by atoms with van der Waals surface area (Å²) in [5.41, 5.74) is 4.49. The number of hydrogen-bond acceptors (Lipinski definition) is 4. The summed E-state index contributed by atoms with van der Waals surface area (Å²) in [5.74, 6) is -2.54. The van der Waals surface area contributed by atoms with Crippen molar-refractivity contribution in [2.24, 2.45) is 0 Å². The minimum Gasteiger partial charge on any atom is -0.434 e. The van der Waals surface area contributed by atoms with Gasteiger partial charge in [0.05, 0.1) is 13.0 Å². The molecule has 0 radical (unpaired) electrons. The lowest BCUT2D eigenvalue weighted by molar-refractivity contribution is -0.194. The molecule has 0 saturated heterocycles. The van der Waals surface area contributed by atoms with Crippen molar-refractivity contribution in [3.05, 3.63) is 87.4 Å². The second-order valence-electron chi connectivity index (χ2n) is 8.57. The summed E-state index contributed by atoms with van der Waals surface area (Å²) in [6.07, 6.45) is 1.82. The number of carbonyl (C=O) groups is 1. The third-order valence-corrected chi connectivity index (χ3v) is 5.99. The maximum Gasteiger partial charge on any atom is 0.312 e. The van der Waals surface area contributed by atoms with Crippen LogP contribution in [-0.4, -0.2) is 26.4 Å². The Bertz CT molecular complexity index is 1380. The predicted octanol–water partition coefficient (Wildman–Crippen LogP) is 6.32. The SMILES string of the molecule is Cc1nc2c(ccn2Cc2ccc(F)cc2Cl)c(-c2ccc(Cl)cc2)c1CC(=O)OC(C)(C)O. The summed E-state index contributed by atoms with van der Waals surface area (Å²) < 4.78 is 20.6. The third-order valence-electron chi connectivity index (χ3n) is 5.39. The zero-order valence-corrected chi connectivity index (χ0v) is 20.4. The van der Waals surface area contributed by atoms with Crippen LogP contribution >= 0.6 is 23.2 Å². The van der Waals surface area contributed by atoms with E-state index in [0.717, 1.165) is 22.1 Å². The standard InChI is InChI=1S/C26H23Cl2FN2O3/c1-15-21(13-23(32)34-26(2,3)33)24(16-4-7-18(27)8-5-16)20-10-11-31(25(20)30-15)14-17-6-9-19(29)12-22(17)28/h4-12,33H,13-14H2,1-3H3. The van der Waals surface area contributed by atoms with Crippen molar-refractivity contribution in [2.75, 3.05) is 0 Å². The summed E-state index contributed by atoms with van der Waals surface area (Å²) in [6.45, 7) is 5.03. The highest BCUT2D eigenvalue weighted by atomic mass is 35.5. The highest BCUT2D eigenvalue weighted by Crippen LogP contribution is 2.35. The number of benzene rings is 2. The van der Waals surface area contributed by atoms with Gasteiger partial charge in [-0.25, -0.2) is 9.37 Å². The van der Waals surface area contributed by atoms with Gasteiger partial charge in [-0.2, -0.15) is 0 Å². The third kappa shape index (κ3) is 5.25. The number of hydrogen-bond donors (Lipinski definition) is 1. The Morgan fingerprint density at radius 3 is 2.50 bits per heavy atom. The van der Waals surface area contributed by atoms with Crippen LogP contribution in [0.2, 0.25) is 10.0 Å². The molecule has 2 aromatic carbocycles. The van der Waals surface area contributed by atoms with Crippen LogP contribution in [0.5, 0.6) is 0 Å². The number of esters is 1. The van der Waals surface area contributed by atoms with Gasteiger partial charge in [0.2, 0.25) is 5.79 Å². The van der Waals surface area contributed by atoms with E-state index in [1.54, 1.807) is 18.2 Å². The molecule has 4 rings (SSSR count). The van der Waals surface area contributed by atoms with Gasteiger partial charge < -0.3 is 14.4 Å². The van der Waals surface area contributed by atoms with E-state index in [-0.39, 0.29) is 6.42 Å². The van der Waals surface area contributed by atoms with E-state index in [4.69, 9.17) is 32.9 Å². The smallest absolute Gasteiger partial charge is 0.312 e. The Morgan fingerprint density at radius 2 is 1.85 bits per heavy atom. The molecule has 0 amide bonds. The average Bonchev–Trinajstić information content (AvgIpc) is 3.12. The van der Waals surface area contributed by atoms with E-state index < -0.39 is 17.6 Å². The quantitative estimate of drug-likeness (QED) is 0.248. The molecule has 0 saturated carbocycles. The Labute approximate surface area is 206 Å². The number of rotatable bonds is 6. The fourth-order valence-electron chi connectivity index (χ4n) is 3.94. The van der Waals surface area contributed by atoms with Crippen LogP contribution in [0.3, 0.4) is 0 Å². The van der Waals surface area contributed by atoms with Crippen LogP contribution in [0, 0.1) is 12.7 Å². The van der Waals surface area contributed by atoms with Gasteiger partial charge in [-0.1, -0.05) is 41.4 Å². The molecule has 34 heavy (non-hydrogen) atoms. The van der Waals surface area contributed by atoms with Crippen LogP contribution in [0.4, 0.5) is 4.39 Å². The number of aliphatic hydroxyl groups is 1. The summed E-state index contributed by atoms with van der Waals surface area (Å²) in [4.78, 5) is 17.4. The molecule has 0 aliphatic heterocycles. The van der Waals surface area contributed by atoms with Gasteiger partial charge in [0.15, 0.2) is 0 Å². The number of ether oxygens (including phenoxy) is 1. The molecular formula is C26H23Cl2FN2O3. The van der Waals surface area contributed by atoms with Gasteiger partial charge in [-0.05, 0) is 59.5 Å². The normalized spacial score (nSPS) is 11.7. The van der Waals surface area contributed by atoms with E-state index >= 15 is 0 Å². The fourth-order valence-corrected chi connectivity index (χ4v) is 4.29. The minimum absolute atomic E-state index is 0.0638. The zero-order chi connectivity index (χ0) is 24.6. The van der Waals surface area contributed by atoms with Crippen molar-refractivity contribution in [3.8, 4) is 11.1 Å². The molecule has 176 valence electrons.